The Hall–Kier alpha value is -2.93. The van der Waals surface area contributed by atoms with Crippen molar-refractivity contribution in [3.63, 3.8) is 0 Å². The van der Waals surface area contributed by atoms with Crippen molar-refractivity contribution in [2.24, 2.45) is 7.05 Å². The van der Waals surface area contributed by atoms with Crippen molar-refractivity contribution in [1.29, 1.82) is 0 Å². The molecule has 8 heteroatoms. The molecular weight excluding hydrogens is 362 g/mol. The van der Waals surface area contributed by atoms with Gasteiger partial charge in [0.15, 0.2) is 0 Å². The summed E-state index contributed by atoms with van der Waals surface area (Å²) in [6, 6.07) is 15.1. The molecule has 0 aliphatic heterocycles. The summed E-state index contributed by atoms with van der Waals surface area (Å²) in [5.74, 6) is -0.252. The van der Waals surface area contributed by atoms with Crippen molar-refractivity contribution in [2.75, 3.05) is 10.6 Å². The van der Waals surface area contributed by atoms with Gasteiger partial charge in [-0.25, -0.2) is 8.78 Å². The monoisotopic (exact) mass is 376 g/mol. The molecule has 0 unspecified atom stereocenters. The molecule has 0 aliphatic rings. The SMILES string of the molecule is Cn1nc(C(F)F)cc1NC(=O)c1ccccc1Nc1ccc(Cl)cc1. The van der Waals surface area contributed by atoms with E-state index in [9.17, 15) is 13.6 Å². The smallest absolute Gasteiger partial charge is 0.282 e. The van der Waals surface area contributed by atoms with Gasteiger partial charge in [-0.3, -0.25) is 9.48 Å². The van der Waals surface area contributed by atoms with Crippen LogP contribution in [-0.4, -0.2) is 15.7 Å². The number of benzene rings is 2. The highest BCUT2D eigenvalue weighted by atomic mass is 35.5. The fourth-order valence-corrected chi connectivity index (χ4v) is 2.50. The van der Waals surface area contributed by atoms with E-state index in [0.29, 0.717) is 16.3 Å². The predicted molar refractivity (Wildman–Crippen MR) is 97.3 cm³/mol. The minimum Gasteiger partial charge on any atom is -0.355 e. The summed E-state index contributed by atoms with van der Waals surface area (Å²) in [5, 5.41) is 10.0. The van der Waals surface area contributed by atoms with Crippen molar-refractivity contribution in [2.45, 2.75) is 6.43 Å². The van der Waals surface area contributed by atoms with Gasteiger partial charge in [0.05, 0.1) is 11.3 Å². The van der Waals surface area contributed by atoms with E-state index in [-0.39, 0.29) is 5.82 Å². The van der Waals surface area contributed by atoms with Gasteiger partial charge in [0.1, 0.15) is 11.5 Å². The van der Waals surface area contributed by atoms with Crippen LogP contribution in [-0.2, 0) is 7.05 Å². The molecule has 0 bridgehead atoms. The third-order valence-electron chi connectivity index (χ3n) is 3.66. The van der Waals surface area contributed by atoms with Crippen LogP contribution in [0.1, 0.15) is 22.5 Å². The Balaban J connectivity index is 1.82. The largest absolute Gasteiger partial charge is 0.355 e. The van der Waals surface area contributed by atoms with Crippen LogP contribution in [0.25, 0.3) is 0 Å². The number of carbonyl (C=O) groups excluding carboxylic acids is 1. The second kappa shape index (κ2) is 7.53. The lowest BCUT2D eigenvalue weighted by atomic mass is 10.1. The molecule has 0 saturated carbocycles. The number of carbonyl (C=O) groups is 1. The number of alkyl halides is 2. The summed E-state index contributed by atoms with van der Waals surface area (Å²) < 4.78 is 26.7. The maximum absolute atomic E-state index is 12.7. The van der Waals surface area contributed by atoms with Gasteiger partial charge in [0.2, 0.25) is 0 Å². The van der Waals surface area contributed by atoms with Crippen LogP contribution in [0, 0.1) is 0 Å². The van der Waals surface area contributed by atoms with Crippen molar-refractivity contribution < 1.29 is 13.6 Å². The zero-order valence-electron chi connectivity index (χ0n) is 13.7. The molecule has 1 amide bonds. The number of nitrogens with zero attached hydrogens (tertiary/aromatic N) is 2. The summed E-state index contributed by atoms with van der Waals surface area (Å²) in [4.78, 5) is 12.6. The summed E-state index contributed by atoms with van der Waals surface area (Å²) >= 11 is 5.87. The Labute approximate surface area is 153 Å². The summed E-state index contributed by atoms with van der Waals surface area (Å²) in [7, 11) is 1.49. The lowest BCUT2D eigenvalue weighted by molar-refractivity contribution is 0.102. The predicted octanol–water partition coefficient (Wildman–Crippen LogP) is 5.01. The van der Waals surface area contributed by atoms with E-state index in [1.165, 1.54) is 11.7 Å². The molecule has 0 spiro atoms. The van der Waals surface area contributed by atoms with Crippen LogP contribution in [0.5, 0.6) is 0 Å². The van der Waals surface area contributed by atoms with E-state index < -0.39 is 18.0 Å². The summed E-state index contributed by atoms with van der Waals surface area (Å²) in [6.45, 7) is 0. The first-order valence-corrected chi connectivity index (χ1v) is 8.07. The first kappa shape index (κ1) is 17.9. The molecule has 0 atom stereocenters. The van der Waals surface area contributed by atoms with Crippen molar-refractivity contribution in [3.05, 3.63) is 70.9 Å². The zero-order chi connectivity index (χ0) is 18.7. The molecule has 1 aromatic heterocycles. The highest BCUT2D eigenvalue weighted by Crippen LogP contribution is 2.24. The van der Waals surface area contributed by atoms with Gasteiger partial charge in [-0.05, 0) is 36.4 Å². The Morgan fingerprint density at radius 1 is 1.15 bits per heavy atom. The zero-order valence-corrected chi connectivity index (χ0v) is 14.5. The Morgan fingerprint density at radius 3 is 2.50 bits per heavy atom. The molecule has 3 aromatic rings. The molecule has 134 valence electrons. The Bertz CT molecular complexity index is 925. The van der Waals surface area contributed by atoms with Gasteiger partial charge in [-0.2, -0.15) is 5.10 Å². The molecule has 0 fully saturated rings. The quantitative estimate of drug-likeness (QED) is 0.658. The minimum absolute atomic E-state index is 0.187. The van der Waals surface area contributed by atoms with E-state index in [4.69, 9.17) is 11.6 Å². The van der Waals surface area contributed by atoms with Gasteiger partial charge in [0.25, 0.3) is 12.3 Å². The van der Waals surface area contributed by atoms with Crippen LogP contribution < -0.4 is 10.6 Å². The fourth-order valence-electron chi connectivity index (χ4n) is 2.38. The highest BCUT2D eigenvalue weighted by Gasteiger charge is 2.17. The molecular formula is C18H15ClF2N4O. The van der Waals surface area contributed by atoms with Crippen LogP contribution >= 0.6 is 11.6 Å². The molecule has 26 heavy (non-hydrogen) atoms. The summed E-state index contributed by atoms with van der Waals surface area (Å²) in [6.07, 6.45) is -2.70. The van der Waals surface area contributed by atoms with Crippen molar-refractivity contribution in [1.82, 2.24) is 9.78 Å². The van der Waals surface area contributed by atoms with Crippen LogP contribution in [0.3, 0.4) is 0 Å². The molecule has 2 N–H and O–H groups in total. The first-order chi connectivity index (χ1) is 12.4. The molecule has 2 aromatic carbocycles. The maximum atomic E-state index is 12.7. The minimum atomic E-state index is -2.70. The molecule has 0 saturated heterocycles. The number of para-hydroxylation sites is 1. The van der Waals surface area contributed by atoms with Crippen LogP contribution in [0.2, 0.25) is 5.02 Å². The lowest BCUT2D eigenvalue weighted by Gasteiger charge is -2.12. The maximum Gasteiger partial charge on any atom is 0.282 e. The normalized spacial score (nSPS) is 10.8. The Morgan fingerprint density at radius 2 is 1.85 bits per heavy atom. The summed E-state index contributed by atoms with van der Waals surface area (Å²) in [5.41, 5.74) is 1.30. The van der Waals surface area contributed by atoms with Gasteiger partial charge in [-0.1, -0.05) is 23.7 Å². The number of halogens is 3. The molecule has 1 heterocycles. The third-order valence-corrected chi connectivity index (χ3v) is 3.91. The van der Waals surface area contributed by atoms with E-state index in [2.05, 4.69) is 15.7 Å². The molecule has 0 aliphatic carbocycles. The molecule has 5 nitrogen and oxygen atoms in total. The second-order valence-electron chi connectivity index (χ2n) is 5.51. The number of anilines is 3. The second-order valence-corrected chi connectivity index (χ2v) is 5.95. The molecule has 0 radical (unpaired) electrons. The van der Waals surface area contributed by atoms with Gasteiger partial charge < -0.3 is 10.6 Å². The number of nitrogens with one attached hydrogen (secondary N) is 2. The lowest BCUT2D eigenvalue weighted by Crippen LogP contribution is -2.16. The van der Waals surface area contributed by atoms with E-state index >= 15 is 0 Å². The van der Waals surface area contributed by atoms with E-state index in [0.717, 1.165) is 11.8 Å². The average Bonchev–Trinajstić information content (AvgIpc) is 2.98. The number of rotatable bonds is 5. The number of aromatic nitrogens is 2. The van der Waals surface area contributed by atoms with E-state index in [1.54, 1.807) is 48.5 Å². The average molecular weight is 377 g/mol. The number of hydrogen-bond donors (Lipinski definition) is 2. The number of aryl methyl sites for hydroxylation is 1. The van der Waals surface area contributed by atoms with Crippen LogP contribution in [0.15, 0.2) is 54.6 Å². The van der Waals surface area contributed by atoms with Crippen molar-refractivity contribution in [3.8, 4) is 0 Å². The van der Waals surface area contributed by atoms with Crippen molar-refractivity contribution >= 4 is 34.7 Å². The number of hydrogen-bond acceptors (Lipinski definition) is 3. The highest BCUT2D eigenvalue weighted by molar-refractivity contribution is 6.30. The van der Waals surface area contributed by atoms with Crippen LogP contribution in [0.4, 0.5) is 26.0 Å². The Kier molecular flexibility index (Phi) is 5.18. The van der Waals surface area contributed by atoms with Gasteiger partial charge >= 0.3 is 0 Å². The van der Waals surface area contributed by atoms with Gasteiger partial charge in [-0.15, -0.1) is 0 Å². The standard InChI is InChI=1S/C18H15ClF2N4O/c1-25-16(10-15(24-25)17(20)21)23-18(26)13-4-2-3-5-14(13)22-12-8-6-11(19)7-9-12/h2-10,17,22H,1H3,(H,23,26). The number of amides is 1. The third kappa shape index (κ3) is 4.00. The molecule has 3 rings (SSSR count). The fraction of sp³-hybridized carbons (Fsp3) is 0.111. The van der Waals surface area contributed by atoms with E-state index in [1.807, 2.05) is 0 Å². The van der Waals surface area contributed by atoms with Gasteiger partial charge in [0, 0.05) is 23.8 Å². The topological polar surface area (TPSA) is 59.0 Å². The first-order valence-electron chi connectivity index (χ1n) is 7.69.